The molecule has 1 aliphatic rings. The Kier molecular flexibility index (Phi) is 3.92. The molecule has 4 heteroatoms. The van der Waals surface area contributed by atoms with Gasteiger partial charge in [-0.1, -0.05) is 45.9 Å². The maximum atomic E-state index is 12.9. The Hall–Kier alpha value is -2.23. The molecule has 1 amide bonds. The van der Waals surface area contributed by atoms with Crippen molar-refractivity contribution in [3.05, 3.63) is 58.7 Å². The van der Waals surface area contributed by atoms with Crippen LogP contribution in [-0.2, 0) is 24.9 Å². The van der Waals surface area contributed by atoms with Crippen LogP contribution in [-0.4, -0.2) is 20.8 Å². The molecule has 1 aromatic heterocycles. The summed E-state index contributed by atoms with van der Waals surface area (Å²) >= 11 is 0. The molecule has 0 saturated heterocycles. The highest BCUT2D eigenvalue weighted by Crippen LogP contribution is 2.26. The minimum absolute atomic E-state index is 0.0813. The number of amides is 1. The summed E-state index contributed by atoms with van der Waals surface area (Å²) in [6.45, 7) is 9.54. The van der Waals surface area contributed by atoms with Crippen molar-refractivity contribution in [1.82, 2.24) is 14.9 Å². The molecule has 1 aromatic carbocycles. The molecule has 2 heterocycles. The van der Waals surface area contributed by atoms with E-state index in [9.17, 15) is 4.79 Å². The van der Waals surface area contributed by atoms with Gasteiger partial charge in [0.05, 0.1) is 12.2 Å². The van der Waals surface area contributed by atoms with Gasteiger partial charge in [-0.2, -0.15) is 0 Å². The molecule has 0 radical (unpaired) electrons. The number of fused-ring (bicyclic) bond motifs is 1. The lowest BCUT2D eigenvalue weighted by Gasteiger charge is -2.17. The molecule has 120 valence electrons. The van der Waals surface area contributed by atoms with Crippen LogP contribution >= 0.6 is 0 Å². The lowest BCUT2D eigenvalue weighted by atomic mass is 9.95. The Bertz CT molecular complexity index is 747. The average molecular weight is 309 g/mol. The van der Waals surface area contributed by atoms with Crippen LogP contribution in [0.5, 0.6) is 0 Å². The summed E-state index contributed by atoms with van der Waals surface area (Å²) < 4.78 is 0. The number of carbonyl (C=O) groups excluding carboxylic acids is 1. The third-order valence-corrected chi connectivity index (χ3v) is 4.24. The minimum atomic E-state index is -0.0821. The Labute approximate surface area is 137 Å². The highest BCUT2D eigenvalue weighted by molar-refractivity contribution is 5.96. The van der Waals surface area contributed by atoms with Gasteiger partial charge < -0.3 is 4.90 Å². The third kappa shape index (κ3) is 2.98. The number of aryl methyl sites for hydroxylation is 1. The molecule has 0 unspecified atom stereocenters. The number of rotatable bonds is 2. The van der Waals surface area contributed by atoms with Crippen molar-refractivity contribution in [1.29, 1.82) is 0 Å². The summed E-state index contributed by atoms with van der Waals surface area (Å²) in [5, 5.41) is 0. The number of nitrogens with zero attached hydrogens (tertiary/aromatic N) is 3. The van der Waals surface area contributed by atoms with E-state index in [4.69, 9.17) is 0 Å². The molecule has 0 N–H and O–H groups in total. The highest BCUT2D eigenvalue weighted by atomic mass is 16.2. The summed E-state index contributed by atoms with van der Waals surface area (Å²) in [6, 6.07) is 7.84. The first-order valence-corrected chi connectivity index (χ1v) is 8.12. The standard InChI is InChI=1S/C19H23N3O/c1-5-13-8-6-7-9-15(13)17(23)22-11-14-10-20-18(19(2,3)4)21-16(14)12-22/h6-10H,5,11-12H2,1-4H3. The van der Waals surface area contributed by atoms with Crippen molar-refractivity contribution in [3.63, 3.8) is 0 Å². The van der Waals surface area contributed by atoms with Crippen LogP contribution in [0.1, 0.15) is 60.7 Å². The molecule has 3 rings (SSSR count). The van der Waals surface area contributed by atoms with Crippen LogP contribution in [0.2, 0.25) is 0 Å². The predicted molar refractivity (Wildman–Crippen MR) is 90.1 cm³/mol. The minimum Gasteiger partial charge on any atom is -0.328 e. The maximum absolute atomic E-state index is 12.9. The van der Waals surface area contributed by atoms with Crippen LogP contribution in [0.25, 0.3) is 0 Å². The molecule has 4 nitrogen and oxygen atoms in total. The molecule has 0 spiro atoms. The third-order valence-electron chi connectivity index (χ3n) is 4.24. The van der Waals surface area contributed by atoms with Crippen LogP contribution in [0.3, 0.4) is 0 Å². The van der Waals surface area contributed by atoms with E-state index in [0.29, 0.717) is 13.1 Å². The zero-order valence-electron chi connectivity index (χ0n) is 14.3. The fraction of sp³-hybridized carbons (Fsp3) is 0.421. The van der Waals surface area contributed by atoms with Crippen molar-refractivity contribution in [3.8, 4) is 0 Å². The van der Waals surface area contributed by atoms with E-state index >= 15 is 0 Å². The van der Waals surface area contributed by atoms with E-state index in [1.165, 1.54) is 0 Å². The van der Waals surface area contributed by atoms with Gasteiger partial charge in [0.2, 0.25) is 0 Å². The second kappa shape index (κ2) is 5.76. The molecule has 0 aliphatic carbocycles. The van der Waals surface area contributed by atoms with E-state index in [1.807, 2.05) is 35.4 Å². The Morgan fingerprint density at radius 1 is 1.22 bits per heavy atom. The molecular weight excluding hydrogens is 286 g/mol. The van der Waals surface area contributed by atoms with Crippen LogP contribution in [0.15, 0.2) is 30.5 Å². The Morgan fingerprint density at radius 2 is 1.96 bits per heavy atom. The number of hydrogen-bond donors (Lipinski definition) is 0. The second-order valence-electron chi connectivity index (χ2n) is 7.09. The quantitative estimate of drug-likeness (QED) is 0.853. The van der Waals surface area contributed by atoms with Crippen LogP contribution in [0, 0.1) is 0 Å². The van der Waals surface area contributed by atoms with Crippen LogP contribution in [0.4, 0.5) is 0 Å². The topological polar surface area (TPSA) is 46.1 Å². The highest BCUT2D eigenvalue weighted by Gasteiger charge is 2.28. The zero-order chi connectivity index (χ0) is 16.6. The number of benzene rings is 1. The van der Waals surface area contributed by atoms with E-state index < -0.39 is 0 Å². The molecule has 0 fully saturated rings. The fourth-order valence-corrected chi connectivity index (χ4v) is 2.87. The van der Waals surface area contributed by atoms with Gasteiger partial charge in [0.25, 0.3) is 5.91 Å². The predicted octanol–water partition coefficient (Wildman–Crippen LogP) is 3.49. The van der Waals surface area contributed by atoms with Gasteiger partial charge in [0.1, 0.15) is 5.82 Å². The van der Waals surface area contributed by atoms with E-state index in [2.05, 4.69) is 37.7 Å². The Morgan fingerprint density at radius 3 is 2.65 bits per heavy atom. The summed E-state index contributed by atoms with van der Waals surface area (Å²) in [5.41, 5.74) is 3.84. The average Bonchev–Trinajstić information content (AvgIpc) is 2.96. The van der Waals surface area contributed by atoms with Gasteiger partial charge in [0, 0.05) is 29.3 Å². The first kappa shape index (κ1) is 15.7. The number of carbonyl (C=O) groups is 1. The van der Waals surface area contributed by atoms with Crippen molar-refractivity contribution in [2.75, 3.05) is 0 Å². The van der Waals surface area contributed by atoms with Crippen molar-refractivity contribution >= 4 is 5.91 Å². The van der Waals surface area contributed by atoms with Crippen LogP contribution < -0.4 is 0 Å². The SMILES string of the molecule is CCc1ccccc1C(=O)N1Cc2cnc(C(C)(C)C)nc2C1. The van der Waals surface area contributed by atoms with Crippen molar-refractivity contribution in [2.45, 2.75) is 52.6 Å². The molecule has 1 aliphatic heterocycles. The molecule has 0 saturated carbocycles. The normalized spacial score (nSPS) is 14.0. The maximum Gasteiger partial charge on any atom is 0.254 e. The lowest BCUT2D eigenvalue weighted by molar-refractivity contribution is 0.0749. The summed E-state index contributed by atoms with van der Waals surface area (Å²) in [7, 11) is 0. The Balaban J connectivity index is 1.86. The van der Waals surface area contributed by atoms with E-state index in [0.717, 1.165) is 34.6 Å². The van der Waals surface area contributed by atoms with Gasteiger partial charge >= 0.3 is 0 Å². The molecule has 0 bridgehead atoms. The van der Waals surface area contributed by atoms with Crippen molar-refractivity contribution < 1.29 is 4.79 Å². The smallest absolute Gasteiger partial charge is 0.254 e. The molecular formula is C19H23N3O. The lowest BCUT2D eigenvalue weighted by Crippen LogP contribution is -2.26. The van der Waals surface area contributed by atoms with Gasteiger partial charge in [0.15, 0.2) is 0 Å². The monoisotopic (exact) mass is 309 g/mol. The summed E-state index contributed by atoms with van der Waals surface area (Å²) in [6.07, 6.45) is 2.73. The summed E-state index contributed by atoms with van der Waals surface area (Å²) in [4.78, 5) is 23.9. The van der Waals surface area contributed by atoms with E-state index in [1.54, 1.807) is 0 Å². The number of aromatic nitrogens is 2. The molecule has 2 aromatic rings. The van der Waals surface area contributed by atoms with E-state index in [-0.39, 0.29) is 11.3 Å². The first-order chi connectivity index (χ1) is 10.9. The first-order valence-electron chi connectivity index (χ1n) is 8.12. The molecule has 0 atom stereocenters. The summed E-state index contributed by atoms with van der Waals surface area (Å²) in [5.74, 6) is 0.914. The van der Waals surface area contributed by atoms with Crippen molar-refractivity contribution in [2.24, 2.45) is 0 Å². The van der Waals surface area contributed by atoms with Gasteiger partial charge in [-0.3, -0.25) is 4.79 Å². The van der Waals surface area contributed by atoms with Gasteiger partial charge in [-0.25, -0.2) is 9.97 Å². The fourth-order valence-electron chi connectivity index (χ4n) is 2.87. The zero-order valence-corrected chi connectivity index (χ0v) is 14.3. The van der Waals surface area contributed by atoms with Gasteiger partial charge in [-0.05, 0) is 18.1 Å². The van der Waals surface area contributed by atoms with Gasteiger partial charge in [-0.15, -0.1) is 0 Å². The molecule has 23 heavy (non-hydrogen) atoms. The largest absolute Gasteiger partial charge is 0.328 e. The number of hydrogen-bond acceptors (Lipinski definition) is 3. The second-order valence-corrected chi connectivity index (χ2v) is 7.09.